The fraction of sp³-hybridized carbons (Fsp3) is 0.143. The van der Waals surface area contributed by atoms with Gasteiger partial charge < -0.3 is 5.73 Å². The van der Waals surface area contributed by atoms with Gasteiger partial charge in [-0.05, 0) is 49.2 Å². The van der Waals surface area contributed by atoms with Crippen LogP contribution in [0.2, 0.25) is 0 Å². The van der Waals surface area contributed by atoms with Crippen molar-refractivity contribution >= 4 is 17.1 Å². The van der Waals surface area contributed by atoms with E-state index in [1.54, 1.807) is 18.2 Å². The number of hydrogen-bond acceptors (Lipinski definition) is 4. The molecule has 0 aliphatic carbocycles. The fourth-order valence-electron chi connectivity index (χ4n) is 3.28. The summed E-state index contributed by atoms with van der Waals surface area (Å²) in [7, 11) is 1.51. The Morgan fingerprint density at radius 3 is 2.45 bits per heavy atom. The van der Waals surface area contributed by atoms with Gasteiger partial charge in [-0.25, -0.2) is 23.7 Å². The van der Waals surface area contributed by atoms with Crippen LogP contribution in [0, 0.1) is 19.7 Å². The van der Waals surface area contributed by atoms with Crippen LogP contribution in [-0.2, 0) is 7.05 Å². The van der Waals surface area contributed by atoms with E-state index in [1.807, 2.05) is 26.0 Å². The van der Waals surface area contributed by atoms with Crippen molar-refractivity contribution in [2.45, 2.75) is 13.8 Å². The number of primary amides is 1. The van der Waals surface area contributed by atoms with Crippen LogP contribution < -0.4 is 11.4 Å². The third-order valence-electron chi connectivity index (χ3n) is 4.99. The third kappa shape index (κ3) is 2.89. The highest BCUT2D eigenvalue weighted by Crippen LogP contribution is 2.25. The summed E-state index contributed by atoms with van der Waals surface area (Å²) in [5.41, 5.74) is 8.11. The second-order valence-corrected chi connectivity index (χ2v) is 6.86. The Morgan fingerprint density at radius 2 is 1.79 bits per heavy atom. The number of carbonyl (C=O) groups excluding carboxylic acids is 1. The number of nitrogens with two attached hydrogens (primary N) is 1. The van der Waals surface area contributed by atoms with Gasteiger partial charge in [0.1, 0.15) is 11.3 Å². The maximum Gasteiger partial charge on any atom is 0.334 e. The molecular formula is C21H18FN5O2. The molecule has 0 bridgehead atoms. The number of aromatic nitrogens is 4. The van der Waals surface area contributed by atoms with Crippen LogP contribution in [0.15, 0.2) is 47.3 Å². The first-order valence-electron chi connectivity index (χ1n) is 8.91. The van der Waals surface area contributed by atoms with E-state index in [2.05, 4.69) is 9.97 Å². The molecule has 0 atom stereocenters. The van der Waals surface area contributed by atoms with Crippen molar-refractivity contribution in [3.63, 3.8) is 0 Å². The van der Waals surface area contributed by atoms with Gasteiger partial charge in [-0.2, -0.15) is 0 Å². The van der Waals surface area contributed by atoms with E-state index in [-0.39, 0.29) is 28.2 Å². The number of imidazole rings is 1. The molecule has 8 heteroatoms. The van der Waals surface area contributed by atoms with Gasteiger partial charge in [-0.1, -0.05) is 18.2 Å². The molecule has 0 radical (unpaired) electrons. The topological polar surface area (TPSA) is 95.8 Å². The molecule has 0 fully saturated rings. The summed E-state index contributed by atoms with van der Waals surface area (Å²) in [6.45, 7) is 3.90. The van der Waals surface area contributed by atoms with Crippen molar-refractivity contribution in [3.05, 3.63) is 75.6 Å². The highest BCUT2D eigenvalue weighted by Gasteiger charge is 2.23. The average molecular weight is 391 g/mol. The largest absolute Gasteiger partial charge is 0.364 e. The molecule has 4 aromatic rings. The molecule has 2 heterocycles. The lowest BCUT2D eigenvalue weighted by Gasteiger charge is -2.08. The van der Waals surface area contributed by atoms with E-state index in [9.17, 15) is 14.0 Å². The minimum atomic E-state index is -0.831. The first kappa shape index (κ1) is 18.5. The molecule has 2 aromatic carbocycles. The zero-order valence-electron chi connectivity index (χ0n) is 16.1. The number of carbonyl (C=O) groups is 1. The minimum absolute atomic E-state index is 0.0208. The molecule has 0 unspecified atom stereocenters. The van der Waals surface area contributed by atoms with Crippen molar-refractivity contribution in [2.75, 3.05) is 0 Å². The van der Waals surface area contributed by atoms with Gasteiger partial charge in [0.2, 0.25) is 0 Å². The quantitative estimate of drug-likeness (QED) is 0.581. The third-order valence-corrected chi connectivity index (χ3v) is 4.99. The maximum absolute atomic E-state index is 14.3. The van der Waals surface area contributed by atoms with Crippen molar-refractivity contribution in [3.8, 4) is 17.1 Å². The zero-order chi connectivity index (χ0) is 20.9. The Bertz CT molecular complexity index is 1350. The molecule has 0 spiro atoms. The summed E-state index contributed by atoms with van der Waals surface area (Å²) in [6, 6.07) is 11.5. The summed E-state index contributed by atoms with van der Waals surface area (Å²) in [5, 5.41) is 0. The lowest BCUT2D eigenvalue weighted by molar-refractivity contribution is 0.0997. The SMILES string of the molecule is Cc1ccc(-n2c(=O)n(C)c3c(C(N)=O)nc(-c4ccccc4F)nc32)cc1C. The summed E-state index contributed by atoms with van der Waals surface area (Å²) in [5.74, 6) is -1.39. The molecule has 4 rings (SSSR count). The predicted octanol–water partition coefficient (Wildman–Crippen LogP) is 2.64. The Labute approximate surface area is 165 Å². The van der Waals surface area contributed by atoms with Crippen LogP contribution in [0.4, 0.5) is 4.39 Å². The fourth-order valence-corrected chi connectivity index (χ4v) is 3.28. The first-order chi connectivity index (χ1) is 13.8. The Kier molecular flexibility index (Phi) is 4.26. The van der Waals surface area contributed by atoms with Crippen LogP contribution in [0.3, 0.4) is 0 Å². The molecule has 2 N–H and O–H groups in total. The smallest absolute Gasteiger partial charge is 0.334 e. The van der Waals surface area contributed by atoms with Crippen molar-refractivity contribution in [1.82, 2.24) is 19.1 Å². The lowest BCUT2D eigenvalue weighted by atomic mass is 10.1. The minimum Gasteiger partial charge on any atom is -0.364 e. The second kappa shape index (κ2) is 6.66. The summed E-state index contributed by atoms with van der Waals surface area (Å²) >= 11 is 0. The van der Waals surface area contributed by atoms with Gasteiger partial charge >= 0.3 is 5.69 Å². The van der Waals surface area contributed by atoms with E-state index >= 15 is 0 Å². The van der Waals surface area contributed by atoms with Crippen molar-refractivity contribution in [2.24, 2.45) is 12.8 Å². The van der Waals surface area contributed by atoms with Gasteiger partial charge in [0, 0.05) is 7.05 Å². The molecule has 1 amide bonds. The summed E-state index contributed by atoms with van der Waals surface area (Å²) < 4.78 is 17.0. The Hall–Kier alpha value is -3.81. The van der Waals surface area contributed by atoms with E-state index in [4.69, 9.17) is 5.73 Å². The zero-order valence-corrected chi connectivity index (χ0v) is 16.1. The molecule has 0 aliphatic heterocycles. The van der Waals surface area contributed by atoms with Crippen LogP contribution >= 0.6 is 0 Å². The van der Waals surface area contributed by atoms with Crippen LogP contribution in [0.5, 0.6) is 0 Å². The van der Waals surface area contributed by atoms with Gasteiger partial charge in [0.05, 0.1) is 11.3 Å². The standard InChI is InChI=1S/C21H18FN5O2/c1-11-8-9-13(10-12(11)2)27-20-17(26(3)21(27)29)16(18(23)28)24-19(25-20)14-6-4-5-7-15(14)22/h4-10H,1-3H3,(H2,23,28). The number of fused-ring (bicyclic) bond motifs is 1. The number of hydrogen-bond donors (Lipinski definition) is 1. The van der Waals surface area contributed by atoms with E-state index in [0.717, 1.165) is 11.1 Å². The van der Waals surface area contributed by atoms with Gasteiger partial charge in [-0.3, -0.25) is 9.36 Å². The van der Waals surface area contributed by atoms with Gasteiger partial charge in [0.15, 0.2) is 17.2 Å². The van der Waals surface area contributed by atoms with E-state index < -0.39 is 17.4 Å². The molecular weight excluding hydrogens is 373 g/mol. The Balaban J connectivity index is 2.14. The first-order valence-corrected chi connectivity index (χ1v) is 8.91. The van der Waals surface area contributed by atoms with Crippen LogP contribution in [-0.4, -0.2) is 25.0 Å². The number of benzene rings is 2. The molecule has 146 valence electrons. The second-order valence-electron chi connectivity index (χ2n) is 6.86. The average Bonchev–Trinajstić information content (AvgIpc) is 2.94. The van der Waals surface area contributed by atoms with Gasteiger partial charge in [-0.15, -0.1) is 0 Å². The molecule has 0 saturated carbocycles. The lowest BCUT2D eigenvalue weighted by Crippen LogP contribution is -2.21. The number of aryl methyl sites for hydroxylation is 3. The summed E-state index contributed by atoms with van der Waals surface area (Å²) in [4.78, 5) is 33.7. The molecule has 7 nitrogen and oxygen atoms in total. The van der Waals surface area contributed by atoms with Gasteiger partial charge in [0.25, 0.3) is 5.91 Å². The van der Waals surface area contributed by atoms with E-state index in [0.29, 0.717) is 5.69 Å². The molecule has 29 heavy (non-hydrogen) atoms. The molecule has 2 aromatic heterocycles. The number of nitrogens with zero attached hydrogens (tertiary/aromatic N) is 4. The maximum atomic E-state index is 14.3. The number of rotatable bonds is 3. The van der Waals surface area contributed by atoms with Crippen LogP contribution in [0.25, 0.3) is 28.2 Å². The van der Waals surface area contributed by atoms with Crippen molar-refractivity contribution in [1.29, 1.82) is 0 Å². The predicted molar refractivity (Wildman–Crippen MR) is 107 cm³/mol. The number of halogens is 1. The highest BCUT2D eigenvalue weighted by molar-refractivity contribution is 6.02. The molecule has 0 aliphatic rings. The van der Waals surface area contributed by atoms with E-state index in [1.165, 1.54) is 28.3 Å². The normalized spacial score (nSPS) is 11.2. The Morgan fingerprint density at radius 1 is 1.07 bits per heavy atom. The monoisotopic (exact) mass is 391 g/mol. The van der Waals surface area contributed by atoms with Crippen LogP contribution in [0.1, 0.15) is 21.6 Å². The molecule has 0 saturated heterocycles. The highest BCUT2D eigenvalue weighted by atomic mass is 19.1. The number of amides is 1. The summed E-state index contributed by atoms with van der Waals surface area (Å²) in [6.07, 6.45) is 0. The van der Waals surface area contributed by atoms with Crippen molar-refractivity contribution < 1.29 is 9.18 Å².